The molecule has 8 nitrogen and oxygen atoms in total. The van der Waals surface area contributed by atoms with Crippen molar-refractivity contribution in [2.45, 2.75) is 40.2 Å². The summed E-state index contributed by atoms with van der Waals surface area (Å²) in [5, 5.41) is 4.66. The summed E-state index contributed by atoms with van der Waals surface area (Å²) >= 11 is 0. The number of rotatable bonds is 9. The second-order valence-corrected chi connectivity index (χ2v) is 6.59. The summed E-state index contributed by atoms with van der Waals surface area (Å²) in [5.41, 5.74) is 0.206. The van der Waals surface area contributed by atoms with Gasteiger partial charge in [0.15, 0.2) is 18.1 Å². The maximum absolute atomic E-state index is 12.1. The summed E-state index contributed by atoms with van der Waals surface area (Å²) in [6, 6.07) is 3.96. The Labute approximate surface area is 159 Å². The second-order valence-electron chi connectivity index (χ2n) is 6.59. The number of carbonyl (C=O) groups is 3. The first kappa shape index (κ1) is 22.3. The minimum atomic E-state index is -0.711. The summed E-state index contributed by atoms with van der Waals surface area (Å²) in [6.45, 7) is 7.70. The molecule has 3 amide bonds. The molecule has 0 bridgehead atoms. The Hall–Kier alpha value is -2.77. The molecule has 150 valence electrons. The number of imide groups is 1. The molecule has 0 aromatic heterocycles. The predicted molar refractivity (Wildman–Crippen MR) is 100 cm³/mol. The first-order chi connectivity index (χ1) is 12.7. The molecule has 0 aliphatic heterocycles. The SMILES string of the molecule is COc1cc(C(=O)OCC(=O)NC(=O)NCCC(C)C)ccc1OC(C)C. The van der Waals surface area contributed by atoms with E-state index in [0.717, 1.165) is 6.42 Å². The number of hydrogen-bond donors (Lipinski definition) is 2. The molecule has 0 saturated carbocycles. The molecule has 0 unspecified atom stereocenters. The van der Waals surface area contributed by atoms with Crippen molar-refractivity contribution >= 4 is 17.9 Å². The van der Waals surface area contributed by atoms with Gasteiger partial charge < -0.3 is 19.5 Å². The maximum Gasteiger partial charge on any atom is 0.338 e. The van der Waals surface area contributed by atoms with Crippen molar-refractivity contribution in [3.8, 4) is 11.5 Å². The van der Waals surface area contributed by atoms with E-state index < -0.39 is 24.5 Å². The molecule has 1 rings (SSSR count). The normalized spacial score (nSPS) is 10.5. The van der Waals surface area contributed by atoms with Crippen LogP contribution in [0.15, 0.2) is 18.2 Å². The Morgan fingerprint density at radius 2 is 1.78 bits per heavy atom. The van der Waals surface area contributed by atoms with E-state index in [-0.39, 0.29) is 11.7 Å². The quantitative estimate of drug-likeness (QED) is 0.638. The Balaban J connectivity index is 2.51. The lowest BCUT2D eigenvalue weighted by atomic mass is 10.1. The van der Waals surface area contributed by atoms with Crippen molar-refractivity contribution in [1.29, 1.82) is 0 Å². The molecule has 0 aliphatic rings. The van der Waals surface area contributed by atoms with Crippen LogP contribution in [0.3, 0.4) is 0 Å². The van der Waals surface area contributed by atoms with Crippen molar-refractivity contribution in [3.63, 3.8) is 0 Å². The molecule has 8 heteroatoms. The summed E-state index contributed by atoms with van der Waals surface area (Å²) in [7, 11) is 1.46. The van der Waals surface area contributed by atoms with E-state index >= 15 is 0 Å². The summed E-state index contributed by atoms with van der Waals surface area (Å²) in [5.74, 6) is -0.0971. The third kappa shape index (κ3) is 8.44. The number of benzene rings is 1. The van der Waals surface area contributed by atoms with Crippen LogP contribution in [-0.4, -0.2) is 44.3 Å². The fourth-order valence-corrected chi connectivity index (χ4v) is 2.04. The van der Waals surface area contributed by atoms with Crippen LogP contribution >= 0.6 is 0 Å². The van der Waals surface area contributed by atoms with Crippen LogP contribution in [0.25, 0.3) is 0 Å². The Morgan fingerprint density at radius 1 is 1.07 bits per heavy atom. The van der Waals surface area contributed by atoms with Gasteiger partial charge in [-0.25, -0.2) is 9.59 Å². The van der Waals surface area contributed by atoms with Crippen molar-refractivity contribution in [3.05, 3.63) is 23.8 Å². The van der Waals surface area contributed by atoms with E-state index in [0.29, 0.717) is 24.0 Å². The third-order valence-electron chi connectivity index (χ3n) is 3.36. The second kappa shape index (κ2) is 11.1. The molecule has 0 spiro atoms. The third-order valence-corrected chi connectivity index (χ3v) is 3.36. The molecule has 0 radical (unpaired) electrons. The molecule has 0 fully saturated rings. The first-order valence-electron chi connectivity index (χ1n) is 8.82. The number of nitrogens with one attached hydrogen (secondary N) is 2. The van der Waals surface area contributed by atoms with Gasteiger partial charge in [0.25, 0.3) is 5.91 Å². The highest BCUT2D eigenvalue weighted by molar-refractivity contribution is 5.97. The highest BCUT2D eigenvalue weighted by Crippen LogP contribution is 2.29. The van der Waals surface area contributed by atoms with E-state index in [1.54, 1.807) is 6.07 Å². The van der Waals surface area contributed by atoms with Gasteiger partial charge in [0, 0.05) is 6.54 Å². The molecular weight excluding hydrogens is 352 g/mol. The fourth-order valence-electron chi connectivity index (χ4n) is 2.04. The zero-order chi connectivity index (χ0) is 20.4. The zero-order valence-electron chi connectivity index (χ0n) is 16.5. The standard InChI is InChI=1S/C19H28N2O6/c1-12(2)8-9-20-19(24)21-17(22)11-26-18(23)14-6-7-15(27-13(3)4)16(10-14)25-5/h6-7,10,12-13H,8-9,11H2,1-5H3,(H2,20,21,22,24). The number of methoxy groups -OCH3 is 1. The minimum Gasteiger partial charge on any atom is -0.493 e. The van der Waals surface area contributed by atoms with Gasteiger partial charge in [0.05, 0.1) is 18.8 Å². The Morgan fingerprint density at radius 3 is 2.37 bits per heavy atom. The minimum absolute atomic E-state index is 0.0490. The Bertz CT molecular complexity index is 658. The van der Waals surface area contributed by atoms with Gasteiger partial charge in [0.2, 0.25) is 0 Å². The van der Waals surface area contributed by atoms with Crippen molar-refractivity contribution in [1.82, 2.24) is 10.6 Å². The Kier molecular flexibility index (Phi) is 9.12. The maximum atomic E-state index is 12.1. The molecule has 0 heterocycles. The molecule has 0 atom stereocenters. The van der Waals surface area contributed by atoms with Crippen molar-refractivity contribution in [2.75, 3.05) is 20.3 Å². The summed E-state index contributed by atoms with van der Waals surface area (Å²) in [4.78, 5) is 35.3. The van der Waals surface area contributed by atoms with Gasteiger partial charge in [-0.05, 0) is 44.4 Å². The molecule has 1 aromatic rings. The number of amides is 3. The largest absolute Gasteiger partial charge is 0.493 e. The fraction of sp³-hybridized carbons (Fsp3) is 0.526. The van der Waals surface area contributed by atoms with Crippen molar-refractivity contribution in [2.24, 2.45) is 5.92 Å². The van der Waals surface area contributed by atoms with Crippen LogP contribution in [-0.2, 0) is 9.53 Å². The van der Waals surface area contributed by atoms with Gasteiger partial charge in [0.1, 0.15) is 0 Å². The van der Waals surface area contributed by atoms with Crippen LogP contribution in [0, 0.1) is 5.92 Å². The van der Waals surface area contributed by atoms with Crippen LogP contribution in [0.2, 0.25) is 0 Å². The van der Waals surface area contributed by atoms with Crippen LogP contribution in [0.4, 0.5) is 4.79 Å². The number of carbonyl (C=O) groups excluding carboxylic acids is 3. The monoisotopic (exact) mass is 380 g/mol. The lowest BCUT2D eigenvalue weighted by molar-refractivity contribution is -0.123. The topological polar surface area (TPSA) is 103 Å². The van der Waals surface area contributed by atoms with E-state index in [2.05, 4.69) is 10.6 Å². The van der Waals surface area contributed by atoms with Gasteiger partial charge in [-0.2, -0.15) is 0 Å². The molecule has 0 aliphatic carbocycles. The van der Waals surface area contributed by atoms with Crippen LogP contribution in [0.5, 0.6) is 11.5 Å². The smallest absolute Gasteiger partial charge is 0.338 e. The number of ether oxygens (including phenoxy) is 3. The lowest BCUT2D eigenvalue weighted by Gasteiger charge is -2.14. The van der Waals surface area contributed by atoms with Crippen LogP contribution in [0.1, 0.15) is 44.5 Å². The van der Waals surface area contributed by atoms with Gasteiger partial charge >= 0.3 is 12.0 Å². The predicted octanol–water partition coefficient (Wildman–Crippen LogP) is 2.51. The molecule has 27 heavy (non-hydrogen) atoms. The van der Waals surface area contributed by atoms with Gasteiger partial charge in [-0.3, -0.25) is 10.1 Å². The molecule has 2 N–H and O–H groups in total. The average molecular weight is 380 g/mol. The summed E-state index contributed by atoms with van der Waals surface area (Å²) in [6.07, 6.45) is 0.752. The number of urea groups is 1. The van der Waals surface area contributed by atoms with Gasteiger partial charge in [-0.1, -0.05) is 13.8 Å². The van der Waals surface area contributed by atoms with E-state index in [1.807, 2.05) is 27.7 Å². The van der Waals surface area contributed by atoms with Crippen molar-refractivity contribution < 1.29 is 28.6 Å². The molecule has 0 saturated heterocycles. The number of esters is 1. The average Bonchev–Trinajstić information content (AvgIpc) is 2.59. The molecule has 1 aromatic carbocycles. The highest BCUT2D eigenvalue weighted by Gasteiger charge is 2.15. The van der Waals surface area contributed by atoms with Crippen LogP contribution < -0.4 is 20.1 Å². The molecular formula is C19H28N2O6. The zero-order valence-corrected chi connectivity index (χ0v) is 16.5. The van der Waals surface area contributed by atoms with E-state index in [4.69, 9.17) is 14.2 Å². The first-order valence-corrected chi connectivity index (χ1v) is 8.82. The van der Waals surface area contributed by atoms with E-state index in [9.17, 15) is 14.4 Å². The lowest BCUT2D eigenvalue weighted by Crippen LogP contribution is -2.41. The highest BCUT2D eigenvalue weighted by atomic mass is 16.5. The van der Waals surface area contributed by atoms with Gasteiger partial charge in [-0.15, -0.1) is 0 Å². The summed E-state index contributed by atoms with van der Waals surface area (Å²) < 4.78 is 15.7. The van der Waals surface area contributed by atoms with E-state index in [1.165, 1.54) is 19.2 Å². The number of hydrogen-bond acceptors (Lipinski definition) is 6.